The van der Waals surface area contributed by atoms with Crippen molar-refractivity contribution in [3.05, 3.63) is 58.3 Å². The summed E-state index contributed by atoms with van der Waals surface area (Å²) < 4.78 is 24.3. The lowest BCUT2D eigenvalue weighted by Gasteiger charge is -2.17. The minimum Gasteiger partial charge on any atom is -0.489 e. The molecule has 23 heavy (non-hydrogen) atoms. The molecule has 2 aromatic rings. The first-order valence-corrected chi connectivity index (χ1v) is 8.20. The number of aryl methyl sites for hydroxylation is 1. The third-order valence-corrected chi connectivity index (χ3v) is 4.54. The van der Waals surface area contributed by atoms with E-state index < -0.39 is 5.97 Å². The van der Waals surface area contributed by atoms with Crippen LogP contribution in [0.5, 0.6) is 5.75 Å². The first kappa shape index (κ1) is 15.7. The number of aromatic carboxylic acids is 1. The van der Waals surface area contributed by atoms with Crippen molar-refractivity contribution in [3.63, 3.8) is 0 Å². The van der Waals surface area contributed by atoms with Crippen LogP contribution in [0.4, 0.5) is 4.39 Å². The Labute approximate surface area is 136 Å². The summed E-state index contributed by atoms with van der Waals surface area (Å²) in [7, 11) is 0. The first-order chi connectivity index (χ1) is 11.0. The number of halogens is 1. The Kier molecular flexibility index (Phi) is 4.43. The molecule has 1 aromatic carbocycles. The number of carboxylic acids is 1. The summed E-state index contributed by atoms with van der Waals surface area (Å²) in [6.45, 7) is 2.11. The monoisotopic (exact) mass is 334 g/mol. The van der Waals surface area contributed by atoms with Gasteiger partial charge in [0, 0.05) is 11.3 Å². The SMILES string of the molecule is Cc1oc(CSCC2=Cc3cc(F)ccc3OC2)cc1C(=O)O. The third-order valence-electron chi connectivity index (χ3n) is 3.48. The van der Waals surface area contributed by atoms with Crippen molar-refractivity contribution in [3.8, 4) is 5.75 Å². The van der Waals surface area contributed by atoms with Crippen molar-refractivity contribution in [2.24, 2.45) is 0 Å². The van der Waals surface area contributed by atoms with Crippen LogP contribution in [0.1, 0.15) is 27.4 Å². The van der Waals surface area contributed by atoms with Crippen molar-refractivity contribution in [2.75, 3.05) is 12.4 Å². The van der Waals surface area contributed by atoms with Crippen LogP contribution in [0.25, 0.3) is 6.08 Å². The van der Waals surface area contributed by atoms with Gasteiger partial charge in [-0.1, -0.05) is 0 Å². The van der Waals surface area contributed by atoms with Gasteiger partial charge in [-0.3, -0.25) is 0 Å². The van der Waals surface area contributed by atoms with E-state index in [2.05, 4.69) is 0 Å². The first-order valence-electron chi connectivity index (χ1n) is 7.05. The average molecular weight is 334 g/mol. The highest BCUT2D eigenvalue weighted by molar-refractivity contribution is 7.98. The zero-order chi connectivity index (χ0) is 16.4. The molecule has 0 amide bonds. The molecule has 0 radical (unpaired) electrons. The fourth-order valence-electron chi connectivity index (χ4n) is 2.39. The molecular weight excluding hydrogens is 319 g/mol. The molecule has 0 bridgehead atoms. The topological polar surface area (TPSA) is 59.7 Å². The Hall–Kier alpha value is -2.21. The van der Waals surface area contributed by atoms with Crippen molar-refractivity contribution in [1.29, 1.82) is 0 Å². The Morgan fingerprint density at radius 1 is 1.35 bits per heavy atom. The van der Waals surface area contributed by atoms with Crippen LogP contribution in [-0.4, -0.2) is 23.4 Å². The predicted molar refractivity (Wildman–Crippen MR) is 86.4 cm³/mol. The molecule has 0 saturated carbocycles. The van der Waals surface area contributed by atoms with E-state index in [1.165, 1.54) is 12.1 Å². The molecule has 2 heterocycles. The van der Waals surface area contributed by atoms with Gasteiger partial charge in [0.25, 0.3) is 0 Å². The number of rotatable bonds is 5. The van der Waals surface area contributed by atoms with Crippen LogP contribution in [-0.2, 0) is 5.75 Å². The lowest BCUT2D eigenvalue weighted by atomic mass is 10.1. The van der Waals surface area contributed by atoms with Gasteiger partial charge in [-0.05, 0) is 42.8 Å². The molecule has 1 N–H and O–H groups in total. The van der Waals surface area contributed by atoms with Gasteiger partial charge in [0.05, 0.1) is 5.75 Å². The smallest absolute Gasteiger partial charge is 0.339 e. The van der Waals surface area contributed by atoms with E-state index in [9.17, 15) is 9.18 Å². The predicted octanol–water partition coefficient (Wildman–Crippen LogP) is 4.13. The van der Waals surface area contributed by atoms with Crippen molar-refractivity contribution in [1.82, 2.24) is 0 Å². The second-order valence-electron chi connectivity index (χ2n) is 5.25. The van der Waals surface area contributed by atoms with Crippen molar-refractivity contribution < 1.29 is 23.4 Å². The van der Waals surface area contributed by atoms with Crippen LogP contribution in [0.15, 0.2) is 34.3 Å². The summed E-state index contributed by atoms with van der Waals surface area (Å²) in [5, 5.41) is 9.00. The summed E-state index contributed by atoms with van der Waals surface area (Å²) in [6, 6.07) is 6.02. The van der Waals surface area contributed by atoms with Gasteiger partial charge < -0.3 is 14.3 Å². The van der Waals surface area contributed by atoms with Gasteiger partial charge in [0.2, 0.25) is 0 Å². The van der Waals surface area contributed by atoms with E-state index in [4.69, 9.17) is 14.3 Å². The summed E-state index contributed by atoms with van der Waals surface area (Å²) in [4.78, 5) is 11.0. The van der Waals surface area contributed by atoms with Crippen LogP contribution in [0.2, 0.25) is 0 Å². The Morgan fingerprint density at radius 3 is 2.91 bits per heavy atom. The molecular formula is C17H15FO4S. The molecule has 0 fully saturated rings. The van der Waals surface area contributed by atoms with E-state index in [0.717, 1.165) is 11.1 Å². The number of fused-ring (bicyclic) bond motifs is 1. The summed E-state index contributed by atoms with van der Waals surface area (Å²) in [5.41, 5.74) is 1.99. The maximum absolute atomic E-state index is 13.3. The number of thioether (sulfide) groups is 1. The molecule has 1 aromatic heterocycles. The van der Waals surface area contributed by atoms with Gasteiger partial charge in [0.1, 0.15) is 35.3 Å². The maximum atomic E-state index is 13.3. The van der Waals surface area contributed by atoms with E-state index in [-0.39, 0.29) is 11.4 Å². The summed E-state index contributed by atoms with van der Waals surface area (Å²) in [6.07, 6.45) is 1.94. The number of hydrogen-bond acceptors (Lipinski definition) is 4. The molecule has 0 spiro atoms. The van der Waals surface area contributed by atoms with Crippen LogP contribution < -0.4 is 4.74 Å². The zero-order valence-electron chi connectivity index (χ0n) is 12.5. The number of benzene rings is 1. The molecule has 0 unspecified atom stereocenters. The largest absolute Gasteiger partial charge is 0.489 e. The highest BCUT2D eigenvalue weighted by Crippen LogP contribution is 2.29. The lowest BCUT2D eigenvalue weighted by Crippen LogP contribution is -2.09. The second-order valence-corrected chi connectivity index (χ2v) is 6.24. The lowest BCUT2D eigenvalue weighted by molar-refractivity contribution is 0.0695. The highest BCUT2D eigenvalue weighted by atomic mass is 32.2. The minimum atomic E-state index is -0.982. The Morgan fingerprint density at radius 2 is 2.17 bits per heavy atom. The van der Waals surface area contributed by atoms with Crippen molar-refractivity contribution in [2.45, 2.75) is 12.7 Å². The van der Waals surface area contributed by atoms with Crippen LogP contribution in [0.3, 0.4) is 0 Å². The Bertz CT molecular complexity index is 779. The molecule has 1 aliphatic heterocycles. The molecule has 3 rings (SSSR count). The highest BCUT2D eigenvalue weighted by Gasteiger charge is 2.15. The number of carboxylic acid groups (broad SMARTS) is 1. The van der Waals surface area contributed by atoms with E-state index >= 15 is 0 Å². The number of carbonyl (C=O) groups is 1. The molecule has 120 valence electrons. The molecule has 0 aliphatic carbocycles. The van der Waals surface area contributed by atoms with E-state index in [1.807, 2.05) is 6.08 Å². The standard InChI is InChI=1S/C17H15FO4S/c1-10-15(17(19)20)6-14(22-10)9-23-8-11-4-12-5-13(18)2-3-16(12)21-7-11/h2-6H,7-9H2,1H3,(H,19,20). The minimum absolute atomic E-state index is 0.199. The molecule has 0 saturated heterocycles. The van der Waals surface area contributed by atoms with Crippen LogP contribution in [0, 0.1) is 12.7 Å². The number of hydrogen-bond donors (Lipinski definition) is 1. The number of furan rings is 1. The molecule has 4 nitrogen and oxygen atoms in total. The summed E-state index contributed by atoms with van der Waals surface area (Å²) in [5.74, 6) is 1.74. The quantitative estimate of drug-likeness (QED) is 0.891. The number of ether oxygens (including phenoxy) is 1. The van der Waals surface area contributed by atoms with Crippen LogP contribution >= 0.6 is 11.8 Å². The molecule has 6 heteroatoms. The van der Waals surface area contributed by atoms with Gasteiger partial charge >= 0.3 is 5.97 Å². The van der Waals surface area contributed by atoms with E-state index in [1.54, 1.807) is 30.8 Å². The fourth-order valence-corrected chi connectivity index (χ4v) is 3.26. The summed E-state index contributed by atoms with van der Waals surface area (Å²) >= 11 is 1.60. The normalized spacial score (nSPS) is 13.2. The maximum Gasteiger partial charge on any atom is 0.339 e. The van der Waals surface area contributed by atoms with Gasteiger partial charge in [0.15, 0.2) is 0 Å². The van der Waals surface area contributed by atoms with Crippen molar-refractivity contribution >= 4 is 23.8 Å². The van der Waals surface area contributed by atoms with Gasteiger partial charge in [-0.15, -0.1) is 11.8 Å². The average Bonchev–Trinajstić information content (AvgIpc) is 2.88. The van der Waals surface area contributed by atoms with Gasteiger partial charge in [-0.25, -0.2) is 9.18 Å². The second kappa shape index (κ2) is 6.50. The molecule has 1 aliphatic rings. The Balaban J connectivity index is 1.61. The fraction of sp³-hybridized carbons (Fsp3) is 0.235. The zero-order valence-corrected chi connectivity index (χ0v) is 13.3. The van der Waals surface area contributed by atoms with Gasteiger partial charge in [-0.2, -0.15) is 0 Å². The molecule has 0 atom stereocenters. The van der Waals surface area contributed by atoms with E-state index in [0.29, 0.717) is 35.4 Å². The third kappa shape index (κ3) is 3.59.